The molecule has 0 saturated carbocycles. The molecule has 0 bridgehead atoms. The second kappa shape index (κ2) is 7.25. The molecule has 104 valence electrons. The highest BCUT2D eigenvalue weighted by atomic mass is 16.5. The second-order valence-corrected chi connectivity index (χ2v) is 4.01. The van der Waals surface area contributed by atoms with Gasteiger partial charge < -0.3 is 20.7 Å². The van der Waals surface area contributed by atoms with Gasteiger partial charge >= 0.3 is 6.03 Å². The van der Waals surface area contributed by atoms with Crippen LogP contribution in [0.4, 0.5) is 10.5 Å². The van der Waals surface area contributed by atoms with Crippen molar-refractivity contribution in [2.24, 2.45) is 5.73 Å². The van der Waals surface area contributed by atoms with Crippen molar-refractivity contribution in [2.75, 3.05) is 25.5 Å². The van der Waals surface area contributed by atoms with Gasteiger partial charge in [0.2, 0.25) is 0 Å². The summed E-state index contributed by atoms with van der Waals surface area (Å²) in [6, 6.07) is 6.91. The van der Waals surface area contributed by atoms with E-state index in [4.69, 9.17) is 15.9 Å². The number of carbonyl (C=O) groups excluding carboxylic acids is 1. The molecule has 0 radical (unpaired) electrons. The van der Waals surface area contributed by atoms with Crippen LogP contribution in [0.5, 0.6) is 5.75 Å². The van der Waals surface area contributed by atoms with Gasteiger partial charge in [0.05, 0.1) is 12.9 Å². The first-order valence-electron chi connectivity index (χ1n) is 6.09. The number of nitrogens with one attached hydrogen (secondary N) is 2. The number of nitrogens with zero attached hydrogens (tertiary/aromatic N) is 1. The predicted octanol–water partition coefficient (Wildman–Crippen LogP) is 1.88. The smallest absolute Gasteiger partial charge is 0.321 e. The topological polar surface area (TPSA) is 91.4 Å². The van der Waals surface area contributed by atoms with E-state index < -0.39 is 0 Å². The summed E-state index contributed by atoms with van der Waals surface area (Å²) in [5.41, 5.74) is 5.99. The van der Waals surface area contributed by atoms with E-state index >= 15 is 0 Å². The molecule has 6 nitrogen and oxygen atoms in total. The molecular weight excluding hydrogens is 244 g/mol. The number of hydrogen-bond acceptors (Lipinski definition) is 3. The molecule has 1 aromatic rings. The number of carbonyl (C=O) groups is 1. The number of nitrogens with two attached hydrogens (primary N) is 1. The maximum atomic E-state index is 12.0. The summed E-state index contributed by atoms with van der Waals surface area (Å²) in [4.78, 5) is 13.6. The minimum absolute atomic E-state index is 0.0793. The summed E-state index contributed by atoms with van der Waals surface area (Å²) >= 11 is 0. The summed E-state index contributed by atoms with van der Waals surface area (Å²) < 4.78 is 5.05. The van der Waals surface area contributed by atoms with E-state index in [1.54, 1.807) is 36.3 Å². The Labute approximate surface area is 113 Å². The van der Waals surface area contributed by atoms with E-state index in [-0.39, 0.29) is 11.9 Å². The van der Waals surface area contributed by atoms with Gasteiger partial charge in [0.25, 0.3) is 0 Å². The van der Waals surface area contributed by atoms with Gasteiger partial charge in [-0.05, 0) is 31.2 Å². The molecule has 6 heteroatoms. The zero-order valence-electron chi connectivity index (χ0n) is 11.3. The van der Waals surface area contributed by atoms with Crippen molar-refractivity contribution in [3.05, 3.63) is 24.3 Å². The van der Waals surface area contributed by atoms with Crippen LogP contribution in [0.15, 0.2) is 24.3 Å². The molecule has 0 aliphatic carbocycles. The Morgan fingerprint density at radius 2 is 2.05 bits per heavy atom. The van der Waals surface area contributed by atoms with Crippen LogP contribution in [-0.2, 0) is 0 Å². The first-order valence-corrected chi connectivity index (χ1v) is 6.09. The molecule has 0 aliphatic heterocycles. The van der Waals surface area contributed by atoms with Gasteiger partial charge in [0, 0.05) is 25.2 Å². The lowest BCUT2D eigenvalue weighted by Gasteiger charge is -2.21. The third-order valence-corrected chi connectivity index (χ3v) is 2.66. The first-order chi connectivity index (χ1) is 9.06. The predicted molar refractivity (Wildman–Crippen MR) is 75.8 cm³/mol. The third-order valence-electron chi connectivity index (χ3n) is 2.66. The highest BCUT2D eigenvalue weighted by Gasteiger charge is 2.11. The van der Waals surface area contributed by atoms with E-state index in [1.165, 1.54) is 0 Å². The van der Waals surface area contributed by atoms with Crippen LogP contribution in [-0.4, -0.2) is 37.0 Å². The Morgan fingerprint density at radius 3 is 2.53 bits per heavy atom. The van der Waals surface area contributed by atoms with Crippen LogP contribution in [0.25, 0.3) is 0 Å². The van der Waals surface area contributed by atoms with Crippen molar-refractivity contribution < 1.29 is 9.53 Å². The molecule has 0 unspecified atom stereocenters. The zero-order chi connectivity index (χ0) is 14.3. The van der Waals surface area contributed by atoms with Gasteiger partial charge in [-0.2, -0.15) is 0 Å². The molecule has 0 atom stereocenters. The lowest BCUT2D eigenvalue weighted by atomic mass is 10.3. The van der Waals surface area contributed by atoms with Crippen molar-refractivity contribution >= 4 is 17.6 Å². The number of hydrogen-bond donors (Lipinski definition) is 3. The Hall–Kier alpha value is -2.24. The number of ether oxygens (including phenoxy) is 1. The SMILES string of the molecule is CCN(CCC(=N)N)C(=O)Nc1ccc(OC)cc1. The van der Waals surface area contributed by atoms with Gasteiger partial charge in [0.1, 0.15) is 5.75 Å². The maximum Gasteiger partial charge on any atom is 0.321 e. The Balaban J connectivity index is 2.57. The number of benzene rings is 1. The van der Waals surface area contributed by atoms with Crippen molar-refractivity contribution in [1.82, 2.24) is 4.90 Å². The average Bonchev–Trinajstić information content (AvgIpc) is 2.40. The van der Waals surface area contributed by atoms with Crippen molar-refractivity contribution in [1.29, 1.82) is 5.41 Å². The van der Waals surface area contributed by atoms with Crippen LogP contribution >= 0.6 is 0 Å². The fourth-order valence-electron chi connectivity index (χ4n) is 1.54. The molecular formula is C13H20N4O2. The summed E-state index contributed by atoms with van der Waals surface area (Å²) in [7, 11) is 1.59. The van der Waals surface area contributed by atoms with Crippen molar-refractivity contribution in [3.8, 4) is 5.75 Å². The van der Waals surface area contributed by atoms with Crippen molar-refractivity contribution in [3.63, 3.8) is 0 Å². The Morgan fingerprint density at radius 1 is 1.42 bits per heavy atom. The van der Waals surface area contributed by atoms with Crippen molar-refractivity contribution in [2.45, 2.75) is 13.3 Å². The quantitative estimate of drug-likeness (QED) is 0.541. The summed E-state index contributed by atoms with van der Waals surface area (Å²) in [5, 5.41) is 9.96. The number of amides is 2. The van der Waals surface area contributed by atoms with Crippen LogP contribution < -0.4 is 15.8 Å². The largest absolute Gasteiger partial charge is 0.497 e. The molecule has 0 aromatic heterocycles. The van der Waals surface area contributed by atoms with Gasteiger partial charge in [-0.1, -0.05) is 0 Å². The highest BCUT2D eigenvalue weighted by Crippen LogP contribution is 2.15. The fraction of sp³-hybridized carbons (Fsp3) is 0.385. The molecule has 0 saturated heterocycles. The molecule has 2 amide bonds. The third kappa shape index (κ3) is 4.87. The van der Waals surface area contributed by atoms with E-state index in [0.29, 0.717) is 25.2 Å². The standard InChI is InChI=1S/C13H20N4O2/c1-3-17(9-8-12(14)15)13(18)16-10-4-6-11(19-2)7-5-10/h4-7H,3,8-9H2,1-2H3,(H3,14,15)(H,16,18). The monoisotopic (exact) mass is 264 g/mol. The van der Waals surface area contributed by atoms with E-state index in [1.807, 2.05) is 6.92 Å². The van der Waals surface area contributed by atoms with Gasteiger partial charge in [-0.25, -0.2) is 4.79 Å². The Kier molecular flexibility index (Phi) is 5.66. The van der Waals surface area contributed by atoms with Gasteiger partial charge in [-0.15, -0.1) is 0 Å². The normalized spacial score (nSPS) is 9.79. The van der Waals surface area contributed by atoms with E-state index in [0.717, 1.165) is 5.75 Å². The van der Waals surface area contributed by atoms with Crippen LogP contribution in [0.3, 0.4) is 0 Å². The molecule has 1 aromatic carbocycles. The van der Waals surface area contributed by atoms with Gasteiger partial charge in [-0.3, -0.25) is 5.41 Å². The molecule has 4 N–H and O–H groups in total. The molecule has 0 spiro atoms. The minimum atomic E-state index is -0.200. The lowest BCUT2D eigenvalue weighted by Crippen LogP contribution is -2.37. The summed E-state index contributed by atoms with van der Waals surface area (Å²) in [5.74, 6) is 0.817. The molecule has 19 heavy (non-hydrogen) atoms. The summed E-state index contributed by atoms with van der Waals surface area (Å²) in [6.45, 7) is 2.89. The highest BCUT2D eigenvalue weighted by molar-refractivity contribution is 5.89. The molecule has 0 heterocycles. The fourth-order valence-corrected chi connectivity index (χ4v) is 1.54. The lowest BCUT2D eigenvalue weighted by molar-refractivity contribution is 0.216. The molecule has 0 fully saturated rings. The number of rotatable bonds is 6. The van der Waals surface area contributed by atoms with E-state index in [9.17, 15) is 4.79 Å². The number of amidine groups is 1. The molecule has 0 aliphatic rings. The maximum absolute atomic E-state index is 12.0. The van der Waals surface area contributed by atoms with Crippen LogP contribution in [0.2, 0.25) is 0 Å². The van der Waals surface area contributed by atoms with Crippen LogP contribution in [0.1, 0.15) is 13.3 Å². The summed E-state index contributed by atoms with van der Waals surface area (Å²) in [6.07, 6.45) is 0.379. The minimum Gasteiger partial charge on any atom is -0.497 e. The van der Waals surface area contributed by atoms with Gasteiger partial charge in [0.15, 0.2) is 0 Å². The van der Waals surface area contributed by atoms with Crippen LogP contribution in [0, 0.1) is 5.41 Å². The first kappa shape index (κ1) is 14.8. The average molecular weight is 264 g/mol. The second-order valence-electron chi connectivity index (χ2n) is 4.01. The number of urea groups is 1. The Bertz CT molecular complexity index is 431. The van der Waals surface area contributed by atoms with E-state index in [2.05, 4.69) is 5.32 Å². The number of methoxy groups -OCH3 is 1. The number of anilines is 1. The molecule has 1 rings (SSSR count). The zero-order valence-corrected chi connectivity index (χ0v) is 11.3.